The summed E-state index contributed by atoms with van der Waals surface area (Å²) in [6.45, 7) is 0.995. The summed E-state index contributed by atoms with van der Waals surface area (Å²) in [5.74, 6) is 5.50. The molecule has 1 aromatic rings. The van der Waals surface area contributed by atoms with Crippen LogP contribution in [0.4, 0.5) is 0 Å². The highest BCUT2D eigenvalue weighted by Crippen LogP contribution is 2.25. The Bertz CT molecular complexity index is 631. The summed E-state index contributed by atoms with van der Waals surface area (Å²) in [5.41, 5.74) is 5.80. The highest BCUT2D eigenvalue weighted by atomic mass is 32.2. The number of nitrogens with zero attached hydrogens (tertiary/aromatic N) is 1. The third-order valence-corrected chi connectivity index (χ3v) is 5.26. The first kappa shape index (κ1) is 15.0. The van der Waals surface area contributed by atoms with Gasteiger partial charge >= 0.3 is 0 Å². The number of aliphatic hydroxyl groups is 1. The lowest BCUT2D eigenvalue weighted by Gasteiger charge is -2.17. The Morgan fingerprint density at radius 3 is 2.80 bits per heavy atom. The van der Waals surface area contributed by atoms with Gasteiger partial charge in [-0.25, -0.2) is 8.42 Å². The minimum absolute atomic E-state index is 0.0145. The van der Waals surface area contributed by atoms with Crippen LogP contribution in [0, 0.1) is 17.8 Å². The zero-order valence-corrected chi connectivity index (χ0v) is 11.9. The van der Waals surface area contributed by atoms with E-state index in [1.807, 2.05) is 0 Å². The van der Waals surface area contributed by atoms with Crippen LogP contribution in [0.3, 0.4) is 0 Å². The zero-order valence-electron chi connectivity index (χ0n) is 11.1. The first-order valence-corrected chi connectivity index (χ1v) is 7.92. The van der Waals surface area contributed by atoms with Gasteiger partial charge in [0.1, 0.15) is 0 Å². The Balaban J connectivity index is 2.35. The molecule has 5 nitrogen and oxygen atoms in total. The summed E-state index contributed by atoms with van der Waals surface area (Å²) in [5, 5.41) is 9.13. The molecule has 2 rings (SSSR count). The summed E-state index contributed by atoms with van der Waals surface area (Å²) in [6.07, 6.45) is 0.687. The van der Waals surface area contributed by atoms with Crippen molar-refractivity contribution < 1.29 is 13.5 Å². The minimum Gasteiger partial charge on any atom is -0.396 e. The van der Waals surface area contributed by atoms with Gasteiger partial charge in [0.2, 0.25) is 10.0 Å². The van der Waals surface area contributed by atoms with Crippen molar-refractivity contribution >= 4 is 10.0 Å². The van der Waals surface area contributed by atoms with E-state index in [9.17, 15) is 8.42 Å². The molecule has 0 amide bonds. The SMILES string of the molecule is NCC#Cc1ccccc1S(=O)(=O)N1CCC(CO)C1. The molecule has 1 aliphatic heterocycles. The second-order valence-corrected chi connectivity index (χ2v) is 6.61. The second-order valence-electron chi connectivity index (χ2n) is 4.70. The molecule has 108 valence electrons. The van der Waals surface area contributed by atoms with E-state index in [4.69, 9.17) is 10.8 Å². The molecule has 0 radical (unpaired) electrons. The molecule has 3 N–H and O–H groups in total. The number of aliphatic hydroxyl groups excluding tert-OH is 1. The Kier molecular flexibility index (Phi) is 4.78. The third kappa shape index (κ3) is 3.02. The largest absolute Gasteiger partial charge is 0.396 e. The third-order valence-electron chi connectivity index (χ3n) is 3.34. The average molecular weight is 294 g/mol. The van der Waals surface area contributed by atoms with E-state index in [1.54, 1.807) is 24.3 Å². The molecule has 1 atom stereocenters. The Morgan fingerprint density at radius 2 is 2.15 bits per heavy atom. The van der Waals surface area contributed by atoms with Gasteiger partial charge in [0.05, 0.1) is 11.4 Å². The number of sulfonamides is 1. The van der Waals surface area contributed by atoms with Gasteiger partial charge in [-0.15, -0.1) is 0 Å². The van der Waals surface area contributed by atoms with E-state index in [0.717, 1.165) is 0 Å². The van der Waals surface area contributed by atoms with Crippen LogP contribution in [-0.2, 0) is 10.0 Å². The Morgan fingerprint density at radius 1 is 1.40 bits per heavy atom. The van der Waals surface area contributed by atoms with Crippen molar-refractivity contribution in [3.8, 4) is 11.8 Å². The van der Waals surface area contributed by atoms with Gasteiger partial charge in [0, 0.05) is 25.3 Å². The van der Waals surface area contributed by atoms with Crippen LogP contribution < -0.4 is 5.73 Å². The summed E-state index contributed by atoms with van der Waals surface area (Å²) in [7, 11) is -3.56. The van der Waals surface area contributed by atoms with Crippen LogP contribution in [0.15, 0.2) is 29.2 Å². The van der Waals surface area contributed by atoms with Gasteiger partial charge in [-0.2, -0.15) is 4.31 Å². The van der Waals surface area contributed by atoms with E-state index < -0.39 is 10.0 Å². The lowest BCUT2D eigenvalue weighted by atomic mass is 10.1. The molecule has 1 fully saturated rings. The van der Waals surface area contributed by atoms with Crippen molar-refractivity contribution in [1.82, 2.24) is 4.31 Å². The van der Waals surface area contributed by atoms with Gasteiger partial charge in [0.15, 0.2) is 0 Å². The average Bonchev–Trinajstić information content (AvgIpc) is 2.95. The number of hydrogen-bond acceptors (Lipinski definition) is 4. The number of rotatable bonds is 3. The summed E-state index contributed by atoms with van der Waals surface area (Å²) < 4.78 is 26.7. The van der Waals surface area contributed by atoms with Crippen LogP contribution in [0.1, 0.15) is 12.0 Å². The second kappa shape index (κ2) is 6.37. The molecule has 0 aliphatic carbocycles. The van der Waals surface area contributed by atoms with Gasteiger partial charge < -0.3 is 10.8 Å². The van der Waals surface area contributed by atoms with Crippen molar-refractivity contribution in [3.05, 3.63) is 29.8 Å². The van der Waals surface area contributed by atoms with Crippen molar-refractivity contribution in [3.63, 3.8) is 0 Å². The topological polar surface area (TPSA) is 83.6 Å². The Labute approximate surface area is 119 Å². The predicted octanol–water partition coefficient (Wildman–Crippen LogP) is -0.000300. The quantitative estimate of drug-likeness (QED) is 0.769. The number of benzene rings is 1. The molecule has 1 aliphatic rings. The maximum absolute atomic E-state index is 12.6. The fraction of sp³-hybridized carbons (Fsp3) is 0.429. The van der Waals surface area contributed by atoms with E-state index in [0.29, 0.717) is 25.1 Å². The van der Waals surface area contributed by atoms with Crippen molar-refractivity contribution in [2.45, 2.75) is 11.3 Å². The molecule has 20 heavy (non-hydrogen) atoms. The highest BCUT2D eigenvalue weighted by Gasteiger charge is 2.33. The lowest BCUT2D eigenvalue weighted by Crippen LogP contribution is -2.29. The first-order chi connectivity index (χ1) is 9.59. The number of hydrogen-bond donors (Lipinski definition) is 2. The standard InChI is InChI=1S/C14H18N2O3S/c15-8-3-5-13-4-1-2-6-14(13)20(18,19)16-9-7-12(10-16)11-17/h1-2,4,6,12,17H,7-11,15H2. The molecule has 1 heterocycles. The molecule has 0 spiro atoms. The summed E-state index contributed by atoms with van der Waals surface area (Å²) >= 11 is 0. The molecule has 1 aromatic carbocycles. The summed E-state index contributed by atoms with van der Waals surface area (Å²) in [4.78, 5) is 0.208. The van der Waals surface area contributed by atoms with Crippen molar-refractivity contribution in [2.24, 2.45) is 11.7 Å². The van der Waals surface area contributed by atoms with E-state index in [1.165, 1.54) is 4.31 Å². The Hall–Kier alpha value is -1.39. The predicted molar refractivity (Wildman–Crippen MR) is 76.3 cm³/mol. The fourth-order valence-corrected chi connectivity index (χ4v) is 3.92. The highest BCUT2D eigenvalue weighted by molar-refractivity contribution is 7.89. The van der Waals surface area contributed by atoms with Crippen molar-refractivity contribution in [2.75, 3.05) is 26.2 Å². The normalized spacial score (nSPS) is 19.6. The zero-order chi connectivity index (χ0) is 14.6. The first-order valence-electron chi connectivity index (χ1n) is 6.48. The molecule has 0 aromatic heterocycles. The van der Waals surface area contributed by atoms with Crippen molar-refractivity contribution in [1.29, 1.82) is 0 Å². The van der Waals surface area contributed by atoms with Crippen LogP contribution in [0.2, 0.25) is 0 Å². The van der Waals surface area contributed by atoms with E-state index in [2.05, 4.69) is 11.8 Å². The molecule has 1 unspecified atom stereocenters. The molecule has 0 bridgehead atoms. The van der Waals surface area contributed by atoms with Gasteiger partial charge in [-0.3, -0.25) is 0 Å². The van der Waals surface area contributed by atoms with E-state index in [-0.39, 0.29) is 24.0 Å². The van der Waals surface area contributed by atoms with Crippen LogP contribution >= 0.6 is 0 Å². The van der Waals surface area contributed by atoms with Crippen LogP contribution in [0.25, 0.3) is 0 Å². The van der Waals surface area contributed by atoms with Gasteiger partial charge in [-0.1, -0.05) is 24.0 Å². The smallest absolute Gasteiger partial charge is 0.244 e. The monoisotopic (exact) mass is 294 g/mol. The van der Waals surface area contributed by atoms with E-state index >= 15 is 0 Å². The summed E-state index contributed by atoms with van der Waals surface area (Å²) in [6, 6.07) is 6.66. The van der Waals surface area contributed by atoms with Crippen LogP contribution in [-0.4, -0.2) is 44.1 Å². The molecule has 6 heteroatoms. The number of nitrogens with two attached hydrogens (primary N) is 1. The molecular weight excluding hydrogens is 276 g/mol. The molecular formula is C14H18N2O3S. The van der Waals surface area contributed by atoms with Gasteiger partial charge in [-0.05, 0) is 24.5 Å². The van der Waals surface area contributed by atoms with Crippen LogP contribution in [0.5, 0.6) is 0 Å². The maximum Gasteiger partial charge on any atom is 0.244 e. The minimum atomic E-state index is -3.56. The lowest BCUT2D eigenvalue weighted by molar-refractivity contribution is 0.233. The fourth-order valence-electron chi connectivity index (χ4n) is 2.24. The maximum atomic E-state index is 12.6. The molecule has 0 saturated carbocycles. The molecule has 1 saturated heterocycles. The van der Waals surface area contributed by atoms with Gasteiger partial charge in [0.25, 0.3) is 0 Å².